The van der Waals surface area contributed by atoms with Crippen molar-refractivity contribution in [2.75, 3.05) is 19.7 Å². The molecule has 0 aromatic heterocycles. The lowest BCUT2D eigenvalue weighted by molar-refractivity contribution is 0.186. The molecule has 1 aromatic carbocycles. The number of nitrogens with one attached hydrogen (secondary N) is 1. The number of aliphatic hydroxyl groups excluding tert-OH is 1. The number of benzene rings is 1. The van der Waals surface area contributed by atoms with Crippen molar-refractivity contribution >= 4 is 0 Å². The van der Waals surface area contributed by atoms with Crippen LogP contribution >= 0.6 is 0 Å². The number of hydrogen-bond donors (Lipinski definition) is 2. The highest BCUT2D eigenvalue weighted by Crippen LogP contribution is 2.09. The van der Waals surface area contributed by atoms with Gasteiger partial charge in [0.15, 0.2) is 0 Å². The van der Waals surface area contributed by atoms with E-state index in [1.165, 1.54) is 24.0 Å². The Morgan fingerprint density at radius 2 is 1.63 bits per heavy atom. The van der Waals surface area contributed by atoms with Crippen LogP contribution in [0.1, 0.15) is 38.3 Å². The molecular weight excluding hydrogens is 234 g/mol. The maximum Gasteiger partial charge on any atom is 0.0473 e. The van der Waals surface area contributed by atoms with Crippen LogP contribution in [0.5, 0.6) is 0 Å². The van der Waals surface area contributed by atoms with E-state index in [9.17, 15) is 5.11 Å². The lowest BCUT2D eigenvalue weighted by Crippen LogP contribution is -2.30. The molecule has 1 atom stereocenters. The zero-order valence-electron chi connectivity index (χ0n) is 12.7. The molecule has 19 heavy (non-hydrogen) atoms. The highest BCUT2D eigenvalue weighted by Gasteiger charge is 2.10. The van der Waals surface area contributed by atoms with Crippen molar-refractivity contribution in [3.05, 3.63) is 35.4 Å². The fourth-order valence-corrected chi connectivity index (χ4v) is 2.19. The van der Waals surface area contributed by atoms with Crippen molar-refractivity contribution in [1.29, 1.82) is 0 Å². The highest BCUT2D eigenvalue weighted by molar-refractivity contribution is 5.22. The largest absolute Gasteiger partial charge is 0.396 e. The third kappa shape index (κ3) is 6.22. The summed E-state index contributed by atoms with van der Waals surface area (Å²) in [5, 5.41) is 12.7. The van der Waals surface area contributed by atoms with E-state index in [4.69, 9.17) is 0 Å². The predicted octanol–water partition coefficient (Wildman–Crippen LogP) is 3.04. The van der Waals surface area contributed by atoms with Crippen LogP contribution in [0.4, 0.5) is 0 Å². The van der Waals surface area contributed by atoms with Crippen molar-refractivity contribution < 1.29 is 5.11 Å². The Labute approximate surface area is 118 Å². The molecule has 2 N–H and O–H groups in total. The minimum Gasteiger partial charge on any atom is -0.396 e. The molecule has 1 aromatic rings. The maximum absolute atomic E-state index is 9.25. The van der Waals surface area contributed by atoms with Gasteiger partial charge in [0.1, 0.15) is 0 Å². The van der Waals surface area contributed by atoms with E-state index in [1.54, 1.807) is 0 Å². The van der Waals surface area contributed by atoms with E-state index >= 15 is 0 Å². The van der Waals surface area contributed by atoms with Gasteiger partial charge in [-0.3, -0.25) is 0 Å². The second kappa shape index (κ2) is 9.11. The fraction of sp³-hybridized carbons (Fsp3) is 0.647. The van der Waals surface area contributed by atoms with Gasteiger partial charge in [0, 0.05) is 13.2 Å². The van der Waals surface area contributed by atoms with Crippen LogP contribution in [0.2, 0.25) is 0 Å². The van der Waals surface area contributed by atoms with Gasteiger partial charge >= 0.3 is 0 Å². The summed E-state index contributed by atoms with van der Waals surface area (Å²) >= 11 is 0. The molecule has 108 valence electrons. The van der Waals surface area contributed by atoms with Crippen LogP contribution < -0.4 is 5.32 Å². The first-order valence-electron chi connectivity index (χ1n) is 7.56. The molecule has 1 rings (SSSR count). The second-order valence-corrected chi connectivity index (χ2v) is 5.71. The summed E-state index contributed by atoms with van der Waals surface area (Å²) < 4.78 is 0. The van der Waals surface area contributed by atoms with Gasteiger partial charge in [0.05, 0.1) is 0 Å². The molecule has 2 heteroatoms. The van der Waals surface area contributed by atoms with Crippen LogP contribution in [0.25, 0.3) is 0 Å². The first-order chi connectivity index (χ1) is 9.17. The van der Waals surface area contributed by atoms with Crippen molar-refractivity contribution in [2.24, 2.45) is 11.8 Å². The van der Waals surface area contributed by atoms with E-state index in [0.29, 0.717) is 11.8 Å². The van der Waals surface area contributed by atoms with Crippen LogP contribution in [-0.4, -0.2) is 24.8 Å². The number of hydrogen-bond acceptors (Lipinski definition) is 2. The molecule has 1 unspecified atom stereocenters. The Morgan fingerprint density at radius 1 is 1.05 bits per heavy atom. The summed E-state index contributed by atoms with van der Waals surface area (Å²) in [6, 6.07) is 8.95. The third-order valence-corrected chi connectivity index (χ3v) is 3.74. The maximum atomic E-state index is 9.25. The molecule has 0 amide bonds. The molecular formula is C17H29NO. The molecule has 0 saturated carbocycles. The first kappa shape index (κ1) is 16.2. The van der Waals surface area contributed by atoms with Crippen molar-refractivity contribution in [3.63, 3.8) is 0 Å². The second-order valence-electron chi connectivity index (χ2n) is 5.71. The molecule has 0 aliphatic carbocycles. The summed E-state index contributed by atoms with van der Waals surface area (Å²) in [5.74, 6) is 0.901. The van der Waals surface area contributed by atoms with E-state index < -0.39 is 0 Å². The smallest absolute Gasteiger partial charge is 0.0473 e. The van der Waals surface area contributed by atoms with Crippen molar-refractivity contribution in [2.45, 2.75) is 40.0 Å². The van der Waals surface area contributed by atoms with Crippen LogP contribution in [0.3, 0.4) is 0 Å². The quantitative estimate of drug-likeness (QED) is 0.671. The van der Waals surface area contributed by atoms with E-state index in [2.05, 4.69) is 50.4 Å². The molecule has 0 spiro atoms. The predicted molar refractivity (Wildman–Crippen MR) is 82.4 cm³/mol. The minimum absolute atomic E-state index is 0.274. The van der Waals surface area contributed by atoms with Gasteiger partial charge in [-0.2, -0.15) is 0 Å². The Kier molecular flexibility index (Phi) is 7.76. The van der Waals surface area contributed by atoms with E-state index in [-0.39, 0.29) is 6.61 Å². The first-order valence-corrected chi connectivity index (χ1v) is 7.56. The Balaban J connectivity index is 2.25. The summed E-state index contributed by atoms with van der Waals surface area (Å²) in [6.07, 6.45) is 3.44. The van der Waals surface area contributed by atoms with E-state index in [1.807, 2.05) is 0 Å². The Hall–Kier alpha value is -0.860. The summed E-state index contributed by atoms with van der Waals surface area (Å²) in [7, 11) is 0. The van der Waals surface area contributed by atoms with Crippen molar-refractivity contribution in [3.8, 4) is 0 Å². The van der Waals surface area contributed by atoms with Gasteiger partial charge in [0.25, 0.3) is 0 Å². The molecule has 0 fully saturated rings. The van der Waals surface area contributed by atoms with Crippen LogP contribution in [0, 0.1) is 11.8 Å². The summed E-state index contributed by atoms with van der Waals surface area (Å²) in [5.41, 5.74) is 2.82. The third-order valence-electron chi connectivity index (χ3n) is 3.74. The summed E-state index contributed by atoms with van der Waals surface area (Å²) in [4.78, 5) is 0. The van der Waals surface area contributed by atoms with Crippen molar-refractivity contribution in [1.82, 2.24) is 5.32 Å². The molecule has 0 aliphatic heterocycles. The standard InChI is InChI=1S/C17H29NO/c1-4-5-15-6-8-16(9-7-15)10-11-18-12-17(13-19)14(2)3/h6-9,14,17-19H,4-5,10-13H2,1-3H3. The Morgan fingerprint density at radius 3 is 2.11 bits per heavy atom. The van der Waals surface area contributed by atoms with Gasteiger partial charge in [-0.15, -0.1) is 0 Å². The lowest BCUT2D eigenvalue weighted by atomic mass is 9.97. The zero-order chi connectivity index (χ0) is 14.1. The number of aryl methyl sites for hydroxylation is 1. The molecule has 0 saturated heterocycles. The minimum atomic E-state index is 0.274. The molecule has 2 nitrogen and oxygen atoms in total. The summed E-state index contributed by atoms with van der Waals surface area (Å²) in [6.45, 7) is 8.70. The SMILES string of the molecule is CCCc1ccc(CCNCC(CO)C(C)C)cc1. The van der Waals surface area contributed by atoms with Gasteiger partial charge in [0.2, 0.25) is 0 Å². The molecule has 0 heterocycles. The van der Waals surface area contributed by atoms with Gasteiger partial charge in [-0.25, -0.2) is 0 Å². The topological polar surface area (TPSA) is 32.3 Å². The zero-order valence-corrected chi connectivity index (χ0v) is 12.7. The lowest BCUT2D eigenvalue weighted by Gasteiger charge is -2.18. The highest BCUT2D eigenvalue weighted by atomic mass is 16.3. The molecule has 0 radical (unpaired) electrons. The van der Waals surface area contributed by atoms with Crippen LogP contribution in [-0.2, 0) is 12.8 Å². The van der Waals surface area contributed by atoms with E-state index in [0.717, 1.165) is 19.5 Å². The molecule has 0 aliphatic rings. The average Bonchev–Trinajstić information content (AvgIpc) is 2.40. The van der Waals surface area contributed by atoms with Gasteiger partial charge in [-0.05, 0) is 42.3 Å². The fourth-order valence-electron chi connectivity index (χ4n) is 2.19. The Bertz CT molecular complexity index is 332. The normalized spacial score (nSPS) is 12.9. The average molecular weight is 263 g/mol. The molecule has 0 bridgehead atoms. The number of aliphatic hydroxyl groups is 1. The monoisotopic (exact) mass is 263 g/mol. The van der Waals surface area contributed by atoms with Gasteiger partial charge < -0.3 is 10.4 Å². The van der Waals surface area contributed by atoms with Gasteiger partial charge in [-0.1, -0.05) is 51.5 Å². The van der Waals surface area contributed by atoms with Crippen LogP contribution in [0.15, 0.2) is 24.3 Å². The number of rotatable bonds is 9.